The van der Waals surface area contributed by atoms with Gasteiger partial charge in [-0.1, -0.05) is 23.8 Å². The molecular formula is C19H23N3O2. The van der Waals surface area contributed by atoms with Crippen molar-refractivity contribution in [2.45, 2.75) is 20.4 Å². The third-order valence-corrected chi connectivity index (χ3v) is 4.28. The number of benzene rings is 1. The summed E-state index contributed by atoms with van der Waals surface area (Å²) < 4.78 is 5.38. The van der Waals surface area contributed by atoms with Crippen molar-refractivity contribution in [2.75, 3.05) is 31.2 Å². The molecule has 0 spiro atoms. The molecule has 0 aliphatic carbocycles. The lowest BCUT2D eigenvalue weighted by molar-refractivity contribution is 0.0949. The summed E-state index contributed by atoms with van der Waals surface area (Å²) in [6, 6.07) is 9.89. The standard InChI is InChI=1S/C19H23N3O2/c1-14-5-6-16(15(2)12-14)13-21-19(23)17-4-3-7-20-18(17)22-8-10-24-11-9-22/h3-7,12H,8-11,13H2,1-2H3,(H,21,23). The van der Waals surface area contributed by atoms with Crippen LogP contribution >= 0.6 is 0 Å². The van der Waals surface area contributed by atoms with Crippen LogP contribution in [0.5, 0.6) is 0 Å². The number of aromatic nitrogens is 1. The minimum Gasteiger partial charge on any atom is -0.378 e. The molecule has 1 aliphatic heterocycles. The second-order valence-electron chi connectivity index (χ2n) is 6.09. The first-order valence-corrected chi connectivity index (χ1v) is 8.27. The van der Waals surface area contributed by atoms with Crippen molar-refractivity contribution in [3.05, 3.63) is 58.8 Å². The number of aryl methyl sites for hydroxylation is 2. The topological polar surface area (TPSA) is 54.5 Å². The molecular weight excluding hydrogens is 302 g/mol. The molecule has 1 aliphatic rings. The minimum atomic E-state index is -0.0930. The molecule has 0 unspecified atom stereocenters. The van der Waals surface area contributed by atoms with Gasteiger partial charge >= 0.3 is 0 Å². The van der Waals surface area contributed by atoms with E-state index in [1.165, 1.54) is 11.1 Å². The fourth-order valence-electron chi connectivity index (χ4n) is 2.92. The van der Waals surface area contributed by atoms with Crippen LogP contribution in [0.25, 0.3) is 0 Å². The quantitative estimate of drug-likeness (QED) is 0.938. The number of hydrogen-bond acceptors (Lipinski definition) is 4. The van der Waals surface area contributed by atoms with Crippen LogP contribution in [0.1, 0.15) is 27.0 Å². The molecule has 2 aromatic rings. The molecule has 24 heavy (non-hydrogen) atoms. The van der Waals surface area contributed by atoms with Crippen LogP contribution in [0.15, 0.2) is 36.5 Å². The SMILES string of the molecule is Cc1ccc(CNC(=O)c2cccnc2N2CCOCC2)c(C)c1. The number of carbonyl (C=O) groups is 1. The Morgan fingerprint density at radius 3 is 2.79 bits per heavy atom. The molecule has 1 saturated heterocycles. The summed E-state index contributed by atoms with van der Waals surface area (Å²) in [6.45, 7) is 7.50. The van der Waals surface area contributed by atoms with Crippen molar-refractivity contribution < 1.29 is 9.53 Å². The zero-order chi connectivity index (χ0) is 16.9. The molecule has 126 valence electrons. The smallest absolute Gasteiger partial charge is 0.255 e. The van der Waals surface area contributed by atoms with Crippen LogP contribution in [0.4, 0.5) is 5.82 Å². The van der Waals surface area contributed by atoms with E-state index in [1.807, 2.05) is 6.07 Å². The fraction of sp³-hybridized carbons (Fsp3) is 0.368. The molecule has 2 heterocycles. The molecule has 0 atom stereocenters. The van der Waals surface area contributed by atoms with Crippen molar-refractivity contribution in [3.63, 3.8) is 0 Å². The van der Waals surface area contributed by atoms with Gasteiger partial charge in [0.25, 0.3) is 5.91 Å². The Morgan fingerprint density at radius 2 is 2.04 bits per heavy atom. The van der Waals surface area contributed by atoms with Crippen LogP contribution in [0.2, 0.25) is 0 Å². The summed E-state index contributed by atoms with van der Waals surface area (Å²) in [5.41, 5.74) is 4.16. The lowest BCUT2D eigenvalue weighted by Crippen LogP contribution is -2.38. The monoisotopic (exact) mass is 325 g/mol. The number of nitrogens with one attached hydrogen (secondary N) is 1. The molecule has 5 nitrogen and oxygen atoms in total. The number of ether oxygens (including phenoxy) is 1. The number of morpholine rings is 1. The number of carbonyl (C=O) groups excluding carboxylic acids is 1. The van der Waals surface area contributed by atoms with Crippen molar-refractivity contribution in [1.82, 2.24) is 10.3 Å². The predicted octanol–water partition coefficient (Wildman–Crippen LogP) is 2.47. The van der Waals surface area contributed by atoms with E-state index in [0.29, 0.717) is 25.3 Å². The van der Waals surface area contributed by atoms with E-state index in [4.69, 9.17) is 4.74 Å². The molecule has 5 heteroatoms. The Labute approximate surface area is 142 Å². The molecule has 1 amide bonds. The molecule has 0 radical (unpaired) electrons. The van der Waals surface area contributed by atoms with E-state index < -0.39 is 0 Å². The highest BCUT2D eigenvalue weighted by Crippen LogP contribution is 2.19. The highest BCUT2D eigenvalue weighted by molar-refractivity contribution is 5.98. The van der Waals surface area contributed by atoms with Crippen LogP contribution < -0.4 is 10.2 Å². The van der Waals surface area contributed by atoms with Gasteiger partial charge < -0.3 is 15.0 Å². The molecule has 1 fully saturated rings. The van der Waals surface area contributed by atoms with E-state index in [9.17, 15) is 4.79 Å². The normalized spacial score (nSPS) is 14.5. The zero-order valence-electron chi connectivity index (χ0n) is 14.2. The number of amides is 1. The number of nitrogens with zero attached hydrogens (tertiary/aromatic N) is 2. The van der Waals surface area contributed by atoms with Crippen molar-refractivity contribution >= 4 is 11.7 Å². The molecule has 0 saturated carbocycles. The van der Waals surface area contributed by atoms with Gasteiger partial charge in [0.15, 0.2) is 0 Å². The first-order chi connectivity index (χ1) is 11.6. The van der Waals surface area contributed by atoms with Gasteiger partial charge in [-0.25, -0.2) is 4.98 Å². The summed E-state index contributed by atoms with van der Waals surface area (Å²) >= 11 is 0. The van der Waals surface area contributed by atoms with Crippen molar-refractivity contribution in [1.29, 1.82) is 0 Å². The van der Waals surface area contributed by atoms with Gasteiger partial charge in [0, 0.05) is 25.8 Å². The molecule has 1 aromatic heterocycles. The van der Waals surface area contributed by atoms with E-state index in [1.54, 1.807) is 12.3 Å². The minimum absolute atomic E-state index is 0.0930. The third kappa shape index (κ3) is 3.74. The van der Waals surface area contributed by atoms with Crippen LogP contribution in [0.3, 0.4) is 0 Å². The lowest BCUT2D eigenvalue weighted by atomic mass is 10.1. The highest BCUT2D eigenvalue weighted by atomic mass is 16.5. The maximum absolute atomic E-state index is 12.7. The highest BCUT2D eigenvalue weighted by Gasteiger charge is 2.19. The van der Waals surface area contributed by atoms with E-state index in [-0.39, 0.29) is 5.91 Å². The van der Waals surface area contributed by atoms with Crippen LogP contribution in [-0.2, 0) is 11.3 Å². The van der Waals surface area contributed by atoms with Gasteiger partial charge in [-0.05, 0) is 37.1 Å². The fourth-order valence-corrected chi connectivity index (χ4v) is 2.92. The van der Waals surface area contributed by atoms with Crippen molar-refractivity contribution in [2.24, 2.45) is 0 Å². The maximum atomic E-state index is 12.7. The Bertz CT molecular complexity index is 724. The molecule has 1 aromatic carbocycles. The summed E-state index contributed by atoms with van der Waals surface area (Å²) in [7, 11) is 0. The van der Waals surface area contributed by atoms with Gasteiger partial charge in [-0.2, -0.15) is 0 Å². The summed E-state index contributed by atoms with van der Waals surface area (Å²) in [5, 5.41) is 3.02. The first-order valence-electron chi connectivity index (χ1n) is 8.27. The molecule has 1 N–H and O–H groups in total. The van der Waals surface area contributed by atoms with E-state index in [2.05, 4.69) is 47.2 Å². The predicted molar refractivity (Wildman–Crippen MR) is 94.4 cm³/mol. The Morgan fingerprint density at radius 1 is 1.25 bits per heavy atom. The summed E-state index contributed by atoms with van der Waals surface area (Å²) in [4.78, 5) is 19.2. The maximum Gasteiger partial charge on any atom is 0.255 e. The first kappa shape index (κ1) is 16.5. The Hall–Kier alpha value is -2.40. The number of anilines is 1. The molecule has 0 bridgehead atoms. The van der Waals surface area contributed by atoms with Gasteiger partial charge in [0.05, 0.1) is 18.8 Å². The second kappa shape index (κ2) is 7.45. The van der Waals surface area contributed by atoms with Crippen LogP contribution in [-0.4, -0.2) is 37.2 Å². The number of pyridine rings is 1. The van der Waals surface area contributed by atoms with Gasteiger partial charge in [0.1, 0.15) is 5.82 Å². The largest absolute Gasteiger partial charge is 0.378 e. The number of hydrogen-bond donors (Lipinski definition) is 1. The second-order valence-corrected chi connectivity index (χ2v) is 6.09. The van der Waals surface area contributed by atoms with Crippen molar-refractivity contribution in [3.8, 4) is 0 Å². The zero-order valence-corrected chi connectivity index (χ0v) is 14.2. The average molecular weight is 325 g/mol. The van der Waals surface area contributed by atoms with Gasteiger partial charge in [-0.15, -0.1) is 0 Å². The third-order valence-electron chi connectivity index (χ3n) is 4.28. The van der Waals surface area contributed by atoms with E-state index in [0.717, 1.165) is 24.5 Å². The average Bonchev–Trinajstić information content (AvgIpc) is 2.61. The van der Waals surface area contributed by atoms with Gasteiger partial charge in [-0.3, -0.25) is 4.79 Å². The molecule has 3 rings (SSSR count). The lowest BCUT2D eigenvalue weighted by Gasteiger charge is -2.29. The van der Waals surface area contributed by atoms with E-state index >= 15 is 0 Å². The summed E-state index contributed by atoms with van der Waals surface area (Å²) in [5.74, 6) is 0.642. The number of rotatable bonds is 4. The Balaban J connectivity index is 1.73. The van der Waals surface area contributed by atoms with Gasteiger partial charge in [0.2, 0.25) is 0 Å². The summed E-state index contributed by atoms with van der Waals surface area (Å²) in [6.07, 6.45) is 1.73. The Kier molecular flexibility index (Phi) is 5.11. The van der Waals surface area contributed by atoms with Crippen LogP contribution in [0, 0.1) is 13.8 Å².